The Hall–Kier alpha value is -2.15. The predicted octanol–water partition coefficient (Wildman–Crippen LogP) is 5.64. The van der Waals surface area contributed by atoms with Crippen molar-refractivity contribution in [3.05, 3.63) is 68.7 Å². The van der Waals surface area contributed by atoms with Gasteiger partial charge >= 0.3 is 0 Å². The van der Waals surface area contributed by atoms with E-state index in [4.69, 9.17) is 39.2 Å². The molecular formula is C19H13Cl3FN3O2. The molecule has 0 bridgehead atoms. The Balaban J connectivity index is 1.57. The summed E-state index contributed by atoms with van der Waals surface area (Å²) in [5.41, 5.74) is 0.767. The summed E-state index contributed by atoms with van der Waals surface area (Å²) in [6.07, 6.45) is 1.69. The van der Waals surface area contributed by atoms with Gasteiger partial charge in [-0.05, 0) is 49.2 Å². The van der Waals surface area contributed by atoms with Crippen LogP contribution in [0.25, 0.3) is 11.5 Å². The molecule has 9 heteroatoms. The molecule has 0 unspecified atom stereocenters. The third kappa shape index (κ3) is 3.99. The van der Waals surface area contributed by atoms with Gasteiger partial charge in [-0.1, -0.05) is 34.8 Å². The molecule has 1 amide bonds. The summed E-state index contributed by atoms with van der Waals surface area (Å²) >= 11 is 17.7. The van der Waals surface area contributed by atoms with Crippen LogP contribution in [0.1, 0.15) is 29.1 Å². The fourth-order valence-electron chi connectivity index (χ4n) is 2.77. The van der Waals surface area contributed by atoms with Crippen LogP contribution in [0.4, 0.5) is 4.39 Å². The van der Waals surface area contributed by atoms with Gasteiger partial charge in [-0.3, -0.25) is 4.79 Å². The first-order valence-corrected chi connectivity index (χ1v) is 9.59. The maximum absolute atomic E-state index is 13.8. The molecule has 1 aromatic heterocycles. The Morgan fingerprint density at radius 3 is 2.50 bits per heavy atom. The summed E-state index contributed by atoms with van der Waals surface area (Å²) in [6.45, 7) is 0.102. The van der Waals surface area contributed by atoms with Crippen LogP contribution >= 0.6 is 34.8 Å². The van der Waals surface area contributed by atoms with E-state index >= 15 is 0 Å². The van der Waals surface area contributed by atoms with Crippen LogP contribution in [0.5, 0.6) is 0 Å². The van der Waals surface area contributed by atoms with E-state index in [9.17, 15) is 9.18 Å². The number of halogens is 4. The molecule has 1 fully saturated rings. The van der Waals surface area contributed by atoms with Crippen molar-refractivity contribution < 1.29 is 13.6 Å². The zero-order valence-corrected chi connectivity index (χ0v) is 16.6. The van der Waals surface area contributed by atoms with Gasteiger partial charge in [0.2, 0.25) is 11.8 Å². The first kappa shape index (κ1) is 19.2. The molecule has 2 aromatic carbocycles. The molecular weight excluding hydrogens is 428 g/mol. The van der Waals surface area contributed by atoms with E-state index in [0.717, 1.165) is 24.5 Å². The molecule has 0 N–H and O–H groups in total. The minimum Gasteiger partial charge on any atom is -0.419 e. The molecule has 28 heavy (non-hydrogen) atoms. The first-order chi connectivity index (χ1) is 13.4. The van der Waals surface area contributed by atoms with Crippen LogP contribution in [-0.4, -0.2) is 27.0 Å². The zero-order valence-electron chi connectivity index (χ0n) is 14.3. The largest absolute Gasteiger partial charge is 0.419 e. The van der Waals surface area contributed by atoms with Crippen molar-refractivity contribution in [1.29, 1.82) is 0 Å². The Labute approximate surface area is 175 Å². The van der Waals surface area contributed by atoms with Crippen molar-refractivity contribution in [1.82, 2.24) is 15.1 Å². The van der Waals surface area contributed by atoms with Crippen molar-refractivity contribution in [3.63, 3.8) is 0 Å². The van der Waals surface area contributed by atoms with E-state index in [2.05, 4.69) is 10.2 Å². The molecule has 1 saturated carbocycles. The van der Waals surface area contributed by atoms with Crippen LogP contribution in [-0.2, 0) is 6.54 Å². The molecule has 0 aliphatic heterocycles. The summed E-state index contributed by atoms with van der Waals surface area (Å²) in [5, 5.41) is 8.60. The molecule has 0 saturated heterocycles. The lowest BCUT2D eigenvalue weighted by Gasteiger charge is -2.21. The summed E-state index contributed by atoms with van der Waals surface area (Å²) in [4.78, 5) is 14.5. The summed E-state index contributed by atoms with van der Waals surface area (Å²) < 4.78 is 19.5. The number of hydrogen-bond acceptors (Lipinski definition) is 4. The van der Waals surface area contributed by atoms with Crippen molar-refractivity contribution >= 4 is 40.7 Å². The molecule has 1 heterocycles. The minimum absolute atomic E-state index is 0.0215. The highest BCUT2D eigenvalue weighted by molar-refractivity contribution is 6.36. The van der Waals surface area contributed by atoms with Gasteiger partial charge in [0.1, 0.15) is 5.82 Å². The number of carbonyl (C=O) groups is 1. The lowest BCUT2D eigenvalue weighted by Crippen LogP contribution is -2.33. The second kappa shape index (κ2) is 7.70. The highest BCUT2D eigenvalue weighted by Crippen LogP contribution is 2.33. The maximum Gasteiger partial charge on any atom is 0.256 e. The molecule has 3 aromatic rings. The standard InChI is InChI=1S/C19H13Cl3FN3O2/c20-11-3-1-10(2-4-11)18-25-24-17(28-18)9-26(12-5-6-12)19(27)13-7-16(23)15(22)8-14(13)21/h1-4,7-8,12H,5-6,9H2. The Morgan fingerprint density at radius 2 is 1.82 bits per heavy atom. The fourth-order valence-corrected chi connectivity index (χ4v) is 3.36. The maximum atomic E-state index is 13.8. The number of rotatable bonds is 5. The molecule has 1 aliphatic carbocycles. The topological polar surface area (TPSA) is 59.2 Å². The van der Waals surface area contributed by atoms with Crippen molar-refractivity contribution in [3.8, 4) is 11.5 Å². The molecule has 4 rings (SSSR count). The first-order valence-electron chi connectivity index (χ1n) is 8.46. The summed E-state index contributed by atoms with van der Waals surface area (Å²) in [6, 6.07) is 9.26. The van der Waals surface area contributed by atoms with Crippen molar-refractivity contribution in [2.24, 2.45) is 0 Å². The van der Waals surface area contributed by atoms with E-state index in [1.165, 1.54) is 6.07 Å². The van der Waals surface area contributed by atoms with Gasteiger partial charge in [-0.15, -0.1) is 10.2 Å². The number of hydrogen-bond donors (Lipinski definition) is 0. The molecule has 0 radical (unpaired) electrons. The van der Waals surface area contributed by atoms with E-state index < -0.39 is 11.7 Å². The van der Waals surface area contributed by atoms with Gasteiger partial charge in [0.05, 0.1) is 22.2 Å². The number of nitrogens with zero attached hydrogens (tertiary/aromatic N) is 3. The van der Waals surface area contributed by atoms with Gasteiger partial charge in [0.25, 0.3) is 5.91 Å². The van der Waals surface area contributed by atoms with Crippen molar-refractivity contribution in [2.45, 2.75) is 25.4 Å². The van der Waals surface area contributed by atoms with Crippen LogP contribution in [0.15, 0.2) is 40.8 Å². The second-order valence-electron chi connectivity index (χ2n) is 6.42. The third-order valence-electron chi connectivity index (χ3n) is 4.35. The number of carbonyl (C=O) groups excluding carboxylic acids is 1. The SMILES string of the molecule is O=C(c1cc(F)c(Cl)cc1Cl)N(Cc1nnc(-c2ccc(Cl)cc2)o1)C1CC1. The highest BCUT2D eigenvalue weighted by atomic mass is 35.5. The second-order valence-corrected chi connectivity index (χ2v) is 7.67. The zero-order chi connectivity index (χ0) is 19.8. The lowest BCUT2D eigenvalue weighted by atomic mass is 10.2. The van der Waals surface area contributed by atoms with Gasteiger partial charge < -0.3 is 9.32 Å². The van der Waals surface area contributed by atoms with E-state index in [1.807, 2.05) is 0 Å². The Bertz CT molecular complexity index is 1040. The monoisotopic (exact) mass is 439 g/mol. The van der Waals surface area contributed by atoms with E-state index in [1.54, 1.807) is 29.2 Å². The van der Waals surface area contributed by atoms with Gasteiger partial charge in [0.15, 0.2) is 0 Å². The normalized spacial score (nSPS) is 13.6. The molecule has 144 valence electrons. The molecule has 1 aliphatic rings. The summed E-state index contributed by atoms with van der Waals surface area (Å²) in [7, 11) is 0. The van der Waals surface area contributed by atoms with Gasteiger partial charge in [0, 0.05) is 16.6 Å². The Kier molecular flexibility index (Phi) is 5.27. The lowest BCUT2D eigenvalue weighted by molar-refractivity contribution is 0.0714. The minimum atomic E-state index is -0.701. The van der Waals surface area contributed by atoms with E-state index in [-0.39, 0.29) is 34.1 Å². The fraction of sp³-hybridized carbons (Fsp3) is 0.211. The third-order valence-corrected chi connectivity index (χ3v) is 5.21. The predicted molar refractivity (Wildman–Crippen MR) is 104 cm³/mol. The average molecular weight is 441 g/mol. The van der Waals surface area contributed by atoms with Crippen molar-refractivity contribution in [2.75, 3.05) is 0 Å². The van der Waals surface area contributed by atoms with Crippen LogP contribution in [0.2, 0.25) is 15.1 Å². The van der Waals surface area contributed by atoms with Gasteiger partial charge in [-0.25, -0.2) is 4.39 Å². The molecule has 0 atom stereocenters. The van der Waals surface area contributed by atoms with Gasteiger partial charge in [-0.2, -0.15) is 0 Å². The Morgan fingerprint density at radius 1 is 1.11 bits per heavy atom. The van der Waals surface area contributed by atoms with Crippen LogP contribution in [0.3, 0.4) is 0 Å². The summed E-state index contributed by atoms with van der Waals surface area (Å²) in [5.74, 6) is -0.511. The quantitative estimate of drug-likeness (QED) is 0.482. The van der Waals surface area contributed by atoms with Crippen LogP contribution in [0, 0.1) is 5.82 Å². The number of aromatic nitrogens is 2. The molecule has 0 spiro atoms. The number of benzene rings is 2. The van der Waals surface area contributed by atoms with Crippen LogP contribution < -0.4 is 0 Å². The highest BCUT2D eigenvalue weighted by Gasteiger charge is 2.35. The van der Waals surface area contributed by atoms with E-state index in [0.29, 0.717) is 10.9 Å². The molecule has 5 nitrogen and oxygen atoms in total. The number of amides is 1. The smallest absolute Gasteiger partial charge is 0.256 e. The average Bonchev–Trinajstić information content (AvgIpc) is 3.41.